The molecule has 0 atom stereocenters. The summed E-state index contributed by atoms with van der Waals surface area (Å²) in [5.74, 6) is 0.682. The quantitative estimate of drug-likeness (QED) is 0.772. The minimum absolute atomic E-state index is 0.0497. The number of anilines is 1. The third-order valence-corrected chi connectivity index (χ3v) is 5.64. The minimum Gasteiger partial charge on any atom is -0.439 e. The molecule has 0 amide bonds. The molecule has 3 heterocycles. The van der Waals surface area contributed by atoms with Gasteiger partial charge in [-0.3, -0.25) is 4.79 Å². The zero-order valence-corrected chi connectivity index (χ0v) is 15.2. The van der Waals surface area contributed by atoms with Crippen molar-refractivity contribution in [1.82, 2.24) is 5.32 Å². The molecule has 25 heavy (non-hydrogen) atoms. The number of hydrogen-bond donors (Lipinski definition) is 1. The maximum Gasteiger partial charge on any atom is 0.204 e. The number of nitrogens with one attached hydrogen (secondary N) is 1. The van der Waals surface area contributed by atoms with Crippen LogP contribution >= 0.6 is 11.3 Å². The molecule has 130 valence electrons. The molecule has 0 aliphatic carbocycles. The van der Waals surface area contributed by atoms with Crippen molar-refractivity contribution in [2.45, 2.75) is 19.8 Å². The van der Waals surface area contributed by atoms with E-state index in [1.54, 1.807) is 6.07 Å². The second kappa shape index (κ2) is 7.02. The maximum atomic E-state index is 12.5. The molecular weight excluding hydrogens is 332 g/mol. The number of rotatable bonds is 4. The number of benzene rings is 1. The van der Waals surface area contributed by atoms with Gasteiger partial charge >= 0.3 is 0 Å². The van der Waals surface area contributed by atoms with Crippen LogP contribution in [0.4, 0.5) is 5.88 Å². The fourth-order valence-corrected chi connectivity index (χ4v) is 4.22. The van der Waals surface area contributed by atoms with Crippen LogP contribution < -0.4 is 15.6 Å². The van der Waals surface area contributed by atoms with Crippen LogP contribution in [0.5, 0.6) is 0 Å². The highest BCUT2D eigenvalue weighted by molar-refractivity contribution is 7.17. The molecule has 1 N–H and O–H groups in total. The number of fused-ring (bicyclic) bond motifs is 1. The lowest BCUT2D eigenvalue weighted by Crippen LogP contribution is -2.43. The molecule has 0 saturated carbocycles. The molecular formula is C20H22N2O2S. The first-order valence-corrected chi connectivity index (χ1v) is 9.74. The molecule has 0 radical (unpaired) electrons. The van der Waals surface area contributed by atoms with Gasteiger partial charge in [0.2, 0.25) is 5.43 Å². The Bertz CT molecular complexity index is 921. The molecule has 0 unspecified atom stereocenters. The van der Waals surface area contributed by atoms with Crippen LogP contribution in [0.2, 0.25) is 0 Å². The first-order chi connectivity index (χ1) is 12.3. The molecule has 0 spiro atoms. The van der Waals surface area contributed by atoms with Crippen LogP contribution in [-0.4, -0.2) is 26.2 Å². The van der Waals surface area contributed by atoms with Gasteiger partial charge in [-0.05, 0) is 17.5 Å². The van der Waals surface area contributed by atoms with Crippen LogP contribution in [-0.2, 0) is 6.42 Å². The Balaban J connectivity index is 1.76. The molecule has 3 aromatic rings. The molecule has 1 aliphatic heterocycles. The molecule has 0 bridgehead atoms. The Labute approximate surface area is 151 Å². The third kappa shape index (κ3) is 3.22. The summed E-state index contributed by atoms with van der Waals surface area (Å²) >= 11 is 1.47. The summed E-state index contributed by atoms with van der Waals surface area (Å²) in [7, 11) is 0. The monoisotopic (exact) mass is 354 g/mol. The SMILES string of the molecule is CCCc1ccc(-c2csc3c(=O)cc(N4CCNCC4)oc23)cc1. The number of piperazine rings is 1. The smallest absolute Gasteiger partial charge is 0.204 e. The van der Waals surface area contributed by atoms with Crippen LogP contribution in [0.15, 0.2) is 44.9 Å². The summed E-state index contributed by atoms with van der Waals surface area (Å²) in [6, 6.07) is 10.2. The van der Waals surface area contributed by atoms with Crippen LogP contribution in [0, 0.1) is 0 Å². The van der Waals surface area contributed by atoms with Gasteiger partial charge in [0.05, 0.1) is 0 Å². The lowest BCUT2D eigenvalue weighted by Gasteiger charge is -2.27. The minimum atomic E-state index is 0.0497. The molecule has 1 aliphatic rings. The second-order valence-corrected chi connectivity index (χ2v) is 7.32. The predicted octanol–water partition coefficient (Wildman–Crippen LogP) is 3.88. The second-order valence-electron chi connectivity index (χ2n) is 6.44. The molecule has 1 aromatic carbocycles. The fraction of sp³-hybridized carbons (Fsp3) is 0.350. The van der Waals surface area contributed by atoms with Crippen molar-refractivity contribution in [1.29, 1.82) is 0 Å². The highest BCUT2D eigenvalue weighted by Gasteiger charge is 2.18. The van der Waals surface area contributed by atoms with E-state index in [4.69, 9.17) is 4.42 Å². The van der Waals surface area contributed by atoms with Gasteiger partial charge in [0.25, 0.3) is 0 Å². The fourth-order valence-electron chi connectivity index (χ4n) is 3.31. The van der Waals surface area contributed by atoms with E-state index in [9.17, 15) is 4.79 Å². The highest BCUT2D eigenvalue weighted by Crippen LogP contribution is 2.34. The van der Waals surface area contributed by atoms with Gasteiger partial charge in [0, 0.05) is 43.2 Å². The first-order valence-electron chi connectivity index (χ1n) is 8.86. The van der Waals surface area contributed by atoms with Gasteiger partial charge in [-0.2, -0.15) is 0 Å². The average molecular weight is 354 g/mol. The van der Waals surface area contributed by atoms with Crippen LogP contribution in [0.1, 0.15) is 18.9 Å². The molecule has 5 heteroatoms. The van der Waals surface area contributed by atoms with Gasteiger partial charge in [0.15, 0.2) is 11.5 Å². The summed E-state index contributed by atoms with van der Waals surface area (Å²) in [5.41, 5.74) is 4.22. The van der Waals surface area contributed by atoms with Gasteiger partial charge in [0.1, 0.15) is 4.70 Å². The molecule has 4 rings (SSSR count). The molecule has 1 fully saturated rings. The Hall–Kier alpha value is -2.11. The predicted molar refractivity (Wildman–Crippen MR) is 105 cm³/mol. The normalized spacial score (nSPS) is 15.0. The summed E-state index contributed by atoms with van der Waals surface area (Å²) in [5, 5.41) is 5.36. The largest absolute Gasteiger partial charge is 0.439 e. The lowest BCUT2D eigenvalue weighted by atomic mass is 10.0. The van der Waals surface area contributed by atoms with Crippen molar-refractivity contribution in [2.75, 3.05) is 31.1 Å². The molecule has 1 saturated heterocycles. The van der Waals surface area contributed by atoms with E-state index in [1.165, 1.54) is 16.9 Å². The van der Waals surface area contributed by atoms with E-state index in [-0.39, 0.29) is 5.43 Å². The van der Waals surface area contributed by atoms with Crippen molar-refractivity contribution < 1.29 is 4.42 Å². The summed E-state index contributed by atoms with van der Waals surface area (Å²) < 4.78 is 6.89. The Morgan fingerprint density at radius 2 is 1.96 bits per heavy atom. The lowest BCUT2D eigenvalue weighted by molar-refractivity contribution is 0.522. The summed E-state index contributed by atoms with van der Waals surface area (Å²) in [6.07, 6.45) is 2.23. The van der Waals surface area contributed by atoms with Crippen molar-refractivity contribution in [3.05, 3.63) is 51.5 Å². The zero-order chi connectivity index (χ0) is 17.2. The van der Waals surface area contributed by atoms with E-state index in [0.29, 0.717) is 16.2 Å². The van der Waals surface area contributed by atoms with Crippen molar-refractivity contribution in [2.24, 2.45) is 0 Å². The number of hydrogen-bond acceptors (Lipinski definition) is 5. The van der Waals surface area contributed by atoms with Crippen molar-refractivity contribution in [3.8, 4) is 11.1 Å². The van der Waals surface area contributed by atoms with Crippen LogP contribution in [0.3, 0.4) is 0 Å². The topological polar surface area (TPSA) is 45.5 Å². The van der Waals surface area contributed by atoms with E-state index in [2.05, 4.69) is 41.4 Å². The number of nitrogens with zero attached hydrogens (tertiary/aromatic N) is 1. The number of thiophene rings is 1. The highest BCUT2D eigenvalue weighted by atomic mass is 32.1. The van der Waals surface area contributed by atoms with E-state index in [1.807, 2.05) is 5.38 Å². The van der Waals surface area contributed by atoms with Crippen LogP contribution in [0.25, 0.3) is 21.4 Å². The summed E-state index contributed by atoms with van der Waals surface area (Å²) in [6.45, 7) is 5.74. The van der Waals surface area contributed by atoms with Crippen molar-refractivity contribution in [3.63, 3.8) is 0 Å². The molecule has 4 nitrogen and oxygen atoms in total. The van der Waals surface area contributed by atoms with E-state index in [0.717, 1.165) is 50.1 Å². The van der Waals surface area contributed by atoms with Gasteiger partial charge in [-0.15, -0.1) is 11.3 Å². The van der Waals surface area contributed by atoms with Gasteiger partial charge in [-0.25, -0.2) is 0 Å². The average Bonchev–Trinajstić information content (AvgIpc) is 3.08. The number of aryl methyl sites for hydroxylation is 1. The van der Waals surface area contributed by atoms with Gasteiger partial charge < -0.3 is 14.6 Å². The molecule has 2 aromatic heterocycles. The zero-order valence-electron chi connectivity index (χ0n) is 14.4. The first kappa shape index (κ1) is 16.4. The Kier molecular flexibility index (Phi) is 4.59. The Morgan fingerprint density at radius 3 is 2.68 bits per heavy atom. The van der Waals surface area contributed by atoms with Crippen molar-refractivity contribution >= 4 is 27.5 Å². The van der Waals surface area contributed by atoms with Gasteiger partial charge in [-0.1, -0.05) is 37.6 Å². The van der Waals surface area contributed by atoms with E-state index >= 15 is 0 Å². The Morgan fingerprint density at radius 1 is 1.20 bits per heavy atom. The summed E-state index contributed by atoms with van der Waals surface area (Å²) in [4.78, 5) is 14.7. The standard InChI is InChI=1S/C20H22N2O2S/c1-2-3-14-4-6-15(7-5-14)16-13-25-20-17(23)12-18(24-19(16)20)22-10-8-21-9-11-22/h4-7,12-13,21H,2-3,8-11H2,1H3. The van der Waals surface area contributed by atoms with E-state index < -0.39 is 0 Å². The maximum absolute atomic E-state index is 12.5. The third-order valence-electron chi connectivity index (χ3n) is 4.66.